The first-order chi connectivity index (χ1) is 14.8. The summed E-state index contributed by atoms with van der Waals surface area (Å²) in [6.45, 7) is 5.87. The summed E-state index contributed by atoms with van der Waals surface area (Å²) in [5.41, 5.74) is -6.30. The van der Waals surface area contributed by atoms with E-state index in [0.29, 0.717) is 0 Å². The Morgan fingerprint density at radius 1 is 1.22 bits per heavy atom. The van der Waals surface area contributed by atoms with Gasteiger partial charge in [-0.25, -0.2) is 8.78 Å². The molecule has 0 unspecified atom stereocenters. The molecule has 3 saturated carbocycles. The molecule has 176 valence electrons. The summed E-state index contributed by atoms with van der Waals surface area (Å²) in [4.78, 5) is 25.1. The molecule has 0 bridgehead atoms. The number of aliphatic hydroxyl groups excluding tert-OH is 2. The number of ether oxygens (including phenoxy) is 2. The van der Waals surface area contributed by atoms with Crippen LogP contribution in [0, 0.1) is 22.7 Å². The van der Waals surface area contributed by atoms with Crippen LogP contribution in [0.25, 0.3) is 0 Å². The Balaban J connectivity index is 1.66. The summed E-state index contributed by atoms with van der Waals surface area (Å²) in [7, 11) is 0. The van der Waals surface area contributed by atoms with E-state index in [2.05, 4.69) is 0 Å². The van der Waals surface area contributed by atoms with Gasteiger partial charge in [-0.15, -0.1) is 0 Å². The monoisotopic (exact) mass is 455 g/mol. The van der Waals surface area contributed by atoms with Crippen molar-refractivity contribution in [2.24, 2.45) is 22.7 Å². The molecule has 6 nitrogen and oxygen atoms in total. The summed E-state index contributed by atoms with van der Waals surface area (Å²) in [5.74, 6) is -3.53. The minimum absolute atomic E-state index is 0.0550. The molecule has 2 N–H and O–H groups in total. The van der Waals surface area contributed by atoms with Crippen LogP contribution in [0.2, 0.25) is 0 Å². The normalized spacial score (nSPS) is 53.2. The zero-order chi connectivity index (χ0) is 23.5. The van der Waals surface area contributed by atoms with Gasteiger partial charge >= 0.3 is 0 Å². The lowest BCUT2D eigenvalue weighted by molar-refractivity contribution is -0.248. The fourth-order valence-corrected chi connectivity index (χ4v) is 7.92. The number of rotatable bonds is 2. The van der Waals surface area contributed by atoms with Gasteiger partial charge in [0.1, 0.15) is 12.8 Å². The van der Waals surface area contributed by atoms with Gasteiger partial charge in [0.25, 0.3) is 0 Å². The van der Waals surface area contributed by atoms with Crippen molar-refractivity contribution < 1.29 is 38.1 Å². The van der Waals surface area contributed by atoms with Gasteiger partial charge in [-0.2, -0.15) is 0 Å². The lowest BCUT2D eigenvalue weighted by Gasteiger charge is -2.63. The van der Waals surface area contributed by atoms with Crippen LogP contribution in [0.5, 0.6) is 0 Å². The highest BCUT2D eigenvalue weighted by molar-refractivity contribution is 6.01. The molecule has 4 fully saturated rings. The Labute approximate surface area is 185 Å². The molecule has 0 radical (unpaired) electrons. The van der Waals surface area contributed by atoms with Crippen LogP contribution in [0.4, 0.5) is 8.78 Å². The summed E-state index contributed by atoms with van der Waals surface area (Å²) >= 11 is 0. The van der Waals surface area contributed by atoms with E-state index in [0.717, 1.165) is 6.08 Å². The molecular weight excluding hydrogens is 425 g/mol. The largest absolute Gasteiger partial charge is 0.390 e. The maximum Gasteiger partial charge on any atom is 0.193 e. The number of carbonyl (C=O) groups excluding carboxylic acids is 2. The third-order valence-corrected chi connectivity index (χ3v) is 9.18. The smallest absolute Gasteiger partial charge is 0.193 e. The van der Waals surface area contributed by atoms with Crippen molar-refractivity contribution in [1.82, 2.24) is 0 Å². The number of Topliss-reactive ketones (excluding diaryl/α,β-unsaturated/α-hetero) is 1. The first-order valence-corrected chi connectivity index (χ1v) is 11.3. The van der Waals surface area contributed by atoms with Crippen LogP contribution in [0.15, 0.2) is 23.8 Å². The number of fused-ring (bicyclic) bond motifs is 7. The van der Waals surface area contributed by atoms with Gasteiger partial charge < -0.3 is 19.7 Å². The first kappa shape index (κ1) is 22.3. The van der Waals surface area contributed by atoms with E-state index in [4.69, 9.17) is 9.47 Å². The summed E-state index contributed by atoms with van der Waals surface area (Å²) in [5, 5.41) is 21.1. The van der Waals surface area contributed by atoms with E-state index in [1.807, 2.05) is 0 Å². The molecule has 1 heterocycles. The average molecular weight is 455 g/mol. The van der Waals surface area contributed by atoms with Crippen molar-refractivity contribution in [3.8, 4) is 0 Å². The van der Waals surface area contributed by atoms with Crippen molar-refractivity contribution in [3.05, 3.63) is 23.8 Å². The van der Waals surface area contributed by atoms with E-state index in [9.17, 15) is 19.8 Å². The second-order valence-corrected chi connectivity index (χ2v) is 11.0. The van der Waals surface area contributed by atoms with Gasteiger partial charge in [-0.05, 0) is 63.7 Å². The fraction of sp³-hybridized carbons (Fsp3) is 0.750. The topological polar surface area (TPSA) is 93.1 Å². The SMILES string of the molecule is C[C@]12C=CC(=O)C=C1[C@@H](F)C[C@H]1[C@@H]3C[C@H]4O[13C]([13CH3])([13CH3])O[C@@]4(C(=O)CO)[C@@]3(C)C[C@H](O)[C@@]12F. The molecule has 9 atom stereocenters. The Bertz CT molecular complexity index is 960. The number of hydrogen-bond donors (Lipinski definition) is 2. The van der Waals surface area contributed by atoms with Crippen molar-refractivity contribution in [3.63, 3.8) is 0 Å². The van der Waals surface area contributed by atoms with E-state index < -0.39 is 76.3 Å². The maximum absolute atomic E-state index is 17.1. The fourth-order valence-electron chi connectivity index (χ4n) is 7.92. The number of carbonyl (C=O) groups is 2. The Hall–Kier alpha value is -1.48. The second kappa shape index (κ2) is 6.34. The third kappa shape index (κ3) is 2.32. The molecule has 32 heavy (non-hydrogen) atoms. The highest BCUT2D eigenvalue weighted by Crippen LogP contribution is 2.72. The number of hydrogen-bond acceptors (Lipinski definition) is 6. The molecule has 1 aliphatic heterocycles. The molecule has 0 aromatic rings. The molecule has 1 saturated heterocycles. The van der Waals surface area contributed by atoms with Crippen LogP contribution >= 0.6 is 0 Å². The minimum atomic E-state index is -2.24. The Kier molecular flexibility index (Phi) is 4.42. The van der Waals surface area contributed by atoms with Crippen molar-refractivity contribution in [2.45, 2.75) is 82.4 Å². The molecule has 5 aliphatic rings. The highest BCUT2D eigenvalue weighted by atomic mass is 19.1. The number of allylic oxidation sites excluding steroid dienone is 4. The van der Waals surface area contributed by atoms with Gasteiger partial charge in [0.15, 0.2) is 28.6 Å². The lowest BCUT2D eigenvalue weighted by atomic mass is 9.44. The van der Waals surface area contributed by atoms with E-state index in [1.165, 1.54) is 19.1 Å². The van der Waals surface area contributed by atoms with Crippen molar-refractivity contribution >= 4 is 11.6 Å². The van der Waals surface area contributed by atoms with Gasteiger partial charge in [0.2, 0.25) is 0 Å². The maximum atomic E-state index is 17.1. The predicted molar refractivity (Wildman–Crippen MR) is 109 cm³/mol. The molecular formula is C24H30F2O6. The third-order valence-electron chi connectivity index (χ3n) is 9.18. The van der Waals surface area contributed by atoms with Gasteiger partial charge in [0.05, 0.1) is 12.2 Å². The average Bonchev–Trinajstić information content (AvgIpc) is 3.11. The van der Waals surface area contributed by atoms with Crippen LogP contribution in [0.1, 0.15) is 47.0 Å². The summed E-state index contributed by atoms with van der Waals surface area (Å²) in [6, 6.07) is 0. The predicted octanol–water partition coefficient (Wildman–Crippen LogP) is 2.37. The van der Waals surface area contributed by atoms with Crippen LogP contribution in [-0.4, -0.2) is 63.8 Å². The molecule has 5 rings (SSSR count). The lowest BCUT2D eigenvalue weighted by Crippen LogP contribution is -2.71. The van der Waals surface area contributed by atoms with E-state index >= 15 is 8.78 Å². The number of ketones is 2. The Morgan fingerprint density at radius 2 is 1.91 bits per heavy atom. The van der Waals surface area contributed by atoms with E-state index in [-0.39, 0.29) is 24.8 Å². The molecule has 0 aromatic heterocycles. The highest BCUT2D eigenvalue weighted by Gasteiger charge is 2.80. The quantitative estimate of drug-likeness (QED) is 0.621. The zero-order valence-corrected chi connectivity index (χ0v) is 18.7. The van der Waals surface area contributed by atoms with Crippen LogP contribution in [-0.2, 0) is 19.1 Å². The Morgan fingerprint density at radius 3 is 2.56 bits per heavy atom. The molecule has 0 spiro atoms. The van der Waals surface area contributed by atoms with Crippen molar-refractivity contribution in [1.29, 1.82) is 0 Å². The second-order valence-electron chi connectivity index (χ2n) is 11.0. The number of alkyl halides is 2. The zero-order valence-electron chi connectivity index (χ0n) is 18.7. The van der Waals surface area contributed by atoms with Crippen molar-refractivity contribution in [2.75, 3.05) is 6.61 Å². The van der Waals surface area contributed by atoms with Gasteiger partial charge in [-0.1, -0.05) is 13.0 Å². The number of halogens is 2. The first-order valence-electron chi connectivity index (χ1n) is 11.3. The molecule has 8 heteroatoms. The van der Waals surface area contributed by atoms with Crippen LogP contribution in [0.3, 0.4) is 0 Å². The minimum Gasteiger partial charge on any atom is -0.390 e. The number of aliphatic hydroxyl groups is 2. The molecule has 0 aromatic carbocycles. The van der Waals surface area contributed by atoms with Gasteiger partial charge in [-0.3, -0.25) is 9.59 Å². The molecule has 4 aliphatic carbocycles. The molecule has 0 amide bonds. The standard InChI is InChI=1S/C24H30F2O6/c1-20(2)31-19-9-13-14-8-16(25)15-7-12(28)5-6-21(15,3)23(14,26)17(29)10-22(13,4)24(19,32-20)18(30)11-27/h5-7,13-14,16-17,19,27,29H,8-11H2,1-4H3/t13-,14-,16-,17-,19+,21-,22-,23-,24+/m0/s1/i1+1,2+1,20+1. The van der Waals surface area contributed by atoms with Gasteiger partial charge in [0, 0.05) is 16.7 Å². The van der Waals surface area contributed by atoms with Crippen LogP contribution < -0.4 is 0 Å². The summed E-state index contributed by atoms with van der Waals surface area (Å²) in [6.07, 6.45) is -0.151. The summed E-state index contributed by atoms with van der Waals surface area (Å²) < 4.78 is 44.8. The van der Waals surface area contributed by atoms with E-state index in [1.54, 1.807) is 20.8 Å².